The van der Waals surface area contributed by atoms with Crippen molar-refractivity contribution >= 4 is 11.9 Å². The van der Waals surface area contributed by atoms with Gasteiger partial charge in [0.2, 0.25) is 5.91 Å². The van der Waals surface area contributed by atoms with Gasteiger partial charge in [-0.15, -0.1) is 0 Å². The zero-order chi connectivity index (χ0) is 10.8. The Kier molecular flexibility index (Phi) is 7.13. The van der Waals surface area contributed by atoms with E-state index in [2.05, 4.69) is 23.2 Å². The Morgan fingerprint density at radius 1 is 1.21 bits per heavy atom. The third-order valence-corrected chi connectivity index (χ3v) is 1.51. The smallest absolute Gasteiger partial charge is 0.310 e. The Balaban J connectivity index is 3.36. The molecule has 78 valence electrons. The van der Waals surface area contributed by atoms with Crippen molar-refractivity contribution in [3.8, 4) is 0 Å². The lowest BCUT2D eigenvalue weighted by Crippen LogP contribution is -2.15. The Bertz CT molecular complexity index is 199. The van der Waals surface area contributed by atoms with Gasteiger partial charge in [0.05, 0.1) is 6.26 Å². The van der Waals surface area contributed by atoms with Gasteiger partial charge >= 0.3 is 5.97 Å². The SMILES string of the molecule is C=CNC(=O)CCCCC(=O)OC=C. The van der Waals surface area contributed by atoms with Crippen LogP contribution in [-0.2, 0) is 14.3 Å². The molecule has 0 aliphatic carbocycles. The molecule has 14 heavy (non-hydrogen) atoms. The molecule has 0 bridgehead atoms. The van der Waals surface area contributed by atoms with Gasteiger partial charge in [-0.05, 0) is 19.0 Å². The summed E-state index contributed by atoms with van der Waals surface area (Å²) < 4.78 is 4.50. The average Bonchev–Trinajstić information content (AvgIpc) is 2.13. The number of carbonyl (C=O) groups excluding carboxylic acids is 2. The number of esters is 1. The molecule has 0 aromatic rings. The van der Waals surface area contributed by atoms with Gasteiger partial charge < -0.3 is 10.1 Å². The Labute approximate surface area is 83.6 Å². The summed E-state index contributed by atoms with van der Waals surface area (Å²) in [6, 6.07) is 0. The molecule has 0 spiro atoms. The summed E-state index contributed by atoms with van der Waals surface area (Å²) in [5.74, 6) is -0.402. The van der Waals surface area contributed by atoms with E-state index < -0.39 is 0 Å². The third-order valence-electron chi connectivity index (χ3n) is 1.51. The van der Waals surface area contributed by atoms with Gasteiger partial charge in [-0.25, -0.2) is 0 Å². The highest BCUT2D eigenvalue weighted by atomic mass is 16.5. The normalized spacial score (nSPS) is 8.86. The standard InChI is InChI=1S/C10H15NO3/c1-3-11-9(12)7-5-6-8-10(13)14-4-2/h3-4H,1-2,5-8H2,(H,11,12). The maximum Gasteiger partial charge on any atom is 0.310 e. The number of hydrogen-bond acceptors (Lipinski definition) is 3. The molecule has 1 N–H and O–H groups in total. The summed E-state index contributed by atoms with van der Waals surface area (Å²) in [5.41, 5.74) is 0. The van der Waals surface area contributed by atoms with Crippen LogP contribution in [0.3, 0.4) is 0 Å². The first kappa shape index (κ1) is 12.4. The van der Waals surface area contributed by atoms with Crippen LogP contribution in [0.15, 0.2) is 25.6 Å². The molecule has 0 heterocycles. The Morgan fingerprint density at radius 2 is 1.86 bits per heavy atom. The lowest BCUT2D eigenvalue weighted by molar-refractivity contribution is -0.138. The molecular weight excluding hydrogens is 182 g/mol. The van der Waals surface area contributed by atoms with Gasteiger partial charge in [0.25, 0.3) is 0 Å². The Hall–Kier alpha value is -1.58. The van der Waals surface area contributed by atoms with Crippen molar-refractivity contribution in [3.05, 3.63) is 25.6 Å². The molecule has 0 unspecified atom stereocenters. The van der Waals surface area contributed by atoms with Gasteiger partial charge in [0.15, 0.2) is 0 Å². The highest BCUT2D eigenvalue weighted by molar-refractivity contribution is 5.76. The van der Waals surface area contributed by atoms with Gasteiger partial charge in [-0.3, -0.25) is 9.59 Å². The molecule has 0 saturated carbocycles. The summed E-state index contributed by atoms with van der Waals surface area (Å²) in [6.07, 6.45) is 4.45. The van der Waals surface area contributed by atoms with E-state index in [1.54, 1.807) is 0 Å². The fraction of sp³-hybridized carbons (Fsp3) is 0.400. The van der Waals surface area contributed by atoms with Crippen molar-refractivity contribution in [2.24, 2.45) is 0 Å². The molecule has 0 radical (unpaired) electrons. The van der Waals surface area contributed by atoms with Crippen LogP contribution in [0.2, 0.25) is 0 Å². The number of rotatable bonds is 7. The molecule has 0 atom stereocenters. The number of amides is 1. The van der Waals surface area contributed by atoms with Crippen molar-refractivity contribution in [1.29, 1.82) is 0 Å². The molecule has 0 fully saturated rings. The second-order valence-corrected chi connectivity index (χ2v) is 2.64. The van der Waals surface area contributed by atoms with Gasteiger partial charge in [-0.1, -0.05) is 13.2 Å². The van der Waals surface area contributed by atoms with Gasteiger partial charge in [0.1, 0.15) is 0 Å². The van der Waals surface area contributed by atoms with Gasteiger partial charge in [-0.2, -0.15) is 0 Å². The van der Waals surface area contributed by atoms with E-state index in [1.807, 2.05) is 0 Å². The first-order chi connectivity index (χ1) is 6.70. The largest absolute Gasteiger partial charge is 0.435 e. The summed E-state index contributed by atoms with van der Waals surface area (Å²) in [5, 5.41) is 2.45. The summed E-state index contributed by atoms with van der Waals surface area (Å²) in [4.78, 5) is 21.7. The highest BCUT2D eigenvalue weighted by Gasteiger charge is 2.02. The summed E-state index contributed by atoms with van der Waals surface area (Å²) >= 11 is 0. The molecule has 0 aromatic heterocycles. The quantitative estimate of drug-likeness (QED) is 0.382. The summed E-state index contributed by atoms with van der Waals surface area (Å²) in [7, 11) is 0. The van der Waals surface area contributed by atoms with Crippen LogP contribution < -0.4 is 5.32 Å². The van der Waals surface area contributed by atoms with Crippen LogP contribution in [-0.4, -0.2) is 11.9 Å². The van der Waals surface area contributed by atoms with E-state index in [0.717, 1.165) is 6.26 Å². The topological polar surface area (TPSA) is 55.4 Å². The number of carbonyl (C=O) groups is 2. The second kappa shape index (κ2) is 8.04. The minimum absolute atomic E-state index is 0.0860. The third kappa shape index (κ3) is 7.09. The van der Waals surface area contributed by atoms with E-state index in [0.29, 0.717) is 25.7 Å². The van der Waals surface area contributed by atoms with Crippen LogP contribution in [0.4, 0.5) is 0 Å². The second-order valence-electron chi connectivity index (χ2n) is 2.64. The molecule has 1 amide bonds. The number of ether oxygens (including phenoxy) is 1. The maximum atomic E-state index is 10.9. The molecule has 4 heteroatoms. The molecule has 4 nitrogen and oxygen atoms in total. The molecule has 0 saturated heterocycles. The van der Waals surface area contributed by atoms with Crippen LogP contribution >= 0.6 is 0 Å². The molecule has 0 aliphatic rings. The predicted molar refractivity (Wildman–Crippen MR) is 53.1 cm³/mol. The monoisotopic (exact) mass is 197 g/mol. The number of unbranched alkanes of at least 4 members (excludes halogenated alkanes) is 1. The minimum atomic E-state index is -0.316. The minimum Gasteiger partial charge on any atom is -0.435 e. The zero-order valence-electron chi connectivity index (χ0n) is 8.12. The van der Waals surface area contributed by atoms with Crippen molar-refractivity contribution in [2.75, 3.05) is 0 Å². The average molecular weight is 197 g/mol. The van der Waals surface area contributed by atoms with Gasteiger partial charge in [0, 0.05) is 12.8 Å². The zero-order valence-corrected chi connectivity index (χ0v) is 8.12. The molecule has 0 aliphatic heterocycles. The van der Waals surface area contributed by atoms with Crippen LogP contribution in [0.5, 0.6) is 0 Å². The van der Waals surface area contributed by atoms with Crippen LogP contribution in [0.1, 0.15) is 25.7 Å². The lowest BCUT2D eigenvalue weighted by atomic mass is 10.2. The fourth-order valence-electron chi connectivity index (χ4n) is 0.893. The predicted octanol–water partition coefficient (Wildman–Crippen LogP) is 1.49. The molecule has 0 aromatic carbocycles. The van der Waals surface area contributed by atoms with Crippen LogP contribution in [0.25, 0.3) is 0 Å². The van der Waals surface area contributed by atoms with Crippen molar-refractivity contribution in [1.82, 2.24) is 5.32 Å². The maximum absolute atomic E-state index is 10.9. The van der Waals surface area contributed by atoms with E-state index >= 15 is 0 Å². The first-order valence-corrected chi connectivity index (χ1v) is 4.41. The van der Waals surface area contributed by atoms with E-state index in [-0.39, 0.29) is 11.9 Å². The first-order valence-electron chi connectivity index (χ1n) is 4.41. The summed E-state index contributed by atoms with van der Waals surface area (Å²) in [6.45, 7) is 6.63. The fourth-order valence-corrected chi connectivity index (χ4v) is 0.893. The van der Waals surface area contributed by atoms with Crippen molar-refractivity contribution < 1.29 is 14.3 Å². The van der Waals surface area contributed by atoms with Crippen molar-refractivity contribution in [2.45, 2.75) is 25.7 Å². The van der Waals surface area contributed by atoms with E-state index in [1.165, 1.54) is 6.20 Å². The van der Waals surface area contributed by atoms with Crippen molar-refractivity contribution in [3.63, 3.8) is 0 Å². The molecule has 0 rings (SSSR count). The van der Waals surface area contributed by atoms with Crippen LogP contribution in [0, 0.1) is 0 Å². The highest BCUT2D eigenvalue weighted by Crippen LogP contribution is 2.01. The number of nitrogens with one attached hydrogen (secondary N) is 1. The lowest BCUT2D eigenvalue weighted by Gasteiger charge is -1.99. The number of hydrogen-bond donors (Lipinski definition) is 1. The van der Waals surface area contributed by atoms with E-state index in [4.69, 9.17) is 0 Å². The molecular formula is C10H15NO3. The Morgan fingerprint density at radius 3 is 2.43 bits per heavy atom. The van der Waals surface area contributed by atoms with E-state index in [9.17, 15) is 9.59 Å².